The molecular weight excluding hydrogens is 336 g/mol. The van der Waals surface area contributed by atoms with Crippen LogP contribution >= 0.6 is 0 Å². The van der Waals surface area contributed by atoms with E-state index in [0.29, 0.717) is 59.1 Å². The normalized spacial score (nSPS) is 11.9. The molecule has 0 aliphatic rings. The van der Waals surface area contributed by atoms with Gasteiger partial charge in [-0.2, -0.15) is 8.42 Å². The molecule has 0 aromatic heterocycles. The van der Waals surface area contributed by atoms with Crippen molar-refractivity contribution in [2.45, 2.75) is 45.4 Å². The fourth-order valence-electron chi connectivity index (χ4n) is 1.88. The van der Waals surface area contributed by atoms with Gasteiger partial charge in [0.05, 0.1) is 45.4 Å². The van der Waals surface area contributed by atoms with Gasteiger partial charge in [0.15, 0.2) is 0 Å². The minimum Gasteiger partial charge on any atom is -0.379 e. The van der Waals surface area contributed by atoms with Gasteiger partial charge in [-0.15, -0.1) is 0 Å². The lowest BCUT2D eigenvalue weighted by molar-refractivity contribution is -0.00236. The Hall–Kier alpha value is -0.250. The van der Waals surface area contributed by atoms with Crippen molar-refractivity contribution >= 4 is 10.1 Å². The van der Waals surface area contributed by atoms with E-state index in [1.54, 1.807) is 0 Å². The first-order chi connectivity index (χ1) is 11.6. The van der Waals surface area contributed by atoms with Gasteiger partial charge >= 0.3 is 0 Å². The second kappa shape index (κ2) is 17.6. The molecule has 0 radical (unpaired) electrons. The molecule has 0 saturated heterocycles. The van der Waals surface area contributed by atoms with Crippen LogP contribution in [0, 0.1) is 0 Å². The summed E-state index contributed by atoms with van der Waals surface area (Å²) in [6, 6.07) is 0. The Morgan fingerprint density at radius 3 is 1.46 bits per heavy atom. The average Bonchev–Trinajstić information content (AvgIpc) is 2.52. The molecule has 7 nitrogen and oxygen atoms in total. The number of rotatable bonds is 19. The Kier molecular flexibility index (Phi) is 17.4. The Bertz CT molecular complexity index is 346. The lowest BCUT2D eigenvalue weighted by Gasteiger charge is -2.07. The first-order valence-corrected chi connectivity index (χ1v) is 10.4. The van der Waals surface area contributed by atoms with Gasteiger partial charge in [-0.25, -0.2) is 0 Å². The summed E-state index contributed by atoms with van der Waals surface area (Å²) < 4.78 is 51.0. The Labute approximate surface area is 146 Å². The monoisotopic (exact) mass is 370 g/mol. The van der Waals surface area contributed by atoms with E-state index in [9.17, 15) is 8.42 Å². The molecule has 1 N–H and O–H groups in total. The molecule has 0 aromatic carbocycles. The van der Waals surface area contributed by atoms with Crippen molar-refractivity contribution in [3.05, 3.63) is 0 Å². The van der Waals surface area contributed by atoms with Crippen molar-refractivity contribution < 1.29 is 31.9 Å². The zero-order valence-electron chi connectivity index (χ0n) is 14.9. The van der Waals surface area contributed by atoms with Crippen LogP contribution in [0.5, 0.6) is 0 Å². The van der Waals surface area contributed by atoms with Gasteiger partial charge in [-0.1, -0.05) is 26.2 Å². The third kappa shape index (κ3) is 21.8. The third-order valence-electron chi connectivity index (χ3n) is 3.20. The molecule has 0 amide bonds. The van der Waals surface area contributed by atoms with Gasteiger partial charge < -0.3 is 18.9 Å². The van der Waals surface area contributed by atoms with E-state index < -0.39 is 10.1 Å². The van der Waals surface area contributed by atoms with E-state index in [4.69, 9.17) is 23.5 Å². The standard InChI is InChI=1S/C16H34O7S/c1-2-3-4-5-8-20-10-12-22-14-15-23-13-11-21-9-6-7-16-24(17,18)19/h2-16H2,1H3,(H,17,18,19). The summed E-state index contributed by atoms with van der Waals surface area (Å²) in [5.74, 6) is -0.216. The third-order valence-corrected chi connectivity index (χ3v) is 4.00. The Morgan fingerprint density at radius 1 is 0.625 bits per heavy atom. The van der Waals surface area contributed by atoms with Crippen molar-refractivity contribution in [1.29, 1.82) is 0 Å². The van der Waals surface area contributed by atoms with Gasteiger partial charge in [-0.05, 0) is 19.3 Å². The molecule has 24 heavy (non-hydrogen) atoms. The summed E-state index contributed by atoms with van der Waals surface area (Å²) in [6.45, 7) is 6.67. The highest BCUT2D eigenvalue weighted by atomic mass is 32.2. The van der Waals surface area contributed by atoms with Crippen LogP contribution in [0.1, 0.15) is 45.4 Å². The highest BCUT2D eigenvalue weighted by Crippen LogP contribution is 1.98. The summed E-state index contributed by atoms with van der Waals surface area (Å²) in [4.78, 5) is 0. The maximum Gasteiger partial charge on any atom is 0.264 e. The van der Waals surface area contributed by atoms with Crippen LogP contribution in [-0.2, 0) is 29.1 Å². The molecule has 0 unspecified atom stereocenters. The number of hydrogen-bond acceptors (Lipinski definition) is 6. The molecule has 0 aliphatic carbocycles. The second-order valence-corrected chi connectivity index (χ2v) is 7.08. The van der Waals surface area contributed by atoms with E-state index in [-0.39, 0.29) is 5.75 Å². The van der Waals surface area contributed by atoms with Crippen molar-refractivity contribution in [2.24, 2.45) is 0 Å². The van der Waals surface area contributed by atoms with Gasteiger partial charge in [0.1, 0.15) is 0 Å². The van der Waals surface area contributed by atoms with Crippen molar-refractivity contribution in [3.8, 4) is 0 Å². The molecule has 0 bridgehead atoms. The number of hydrogen-bond donors (Lipinski definition) is 1. The van der Waals surface area contributed by atoms with Gasteiger partial charge in [-0.3, -0.25) is 4.55 Å². The number of unbranched alkanes of at least 4 members (excludes halogenated alkanes) is 4. The molecule has 0 aromatic rings. The Balaban J connectivity index is 3.03. The molecule has 8 heteroatoms. The quantitative estimate of drug-likeness (QED) is 0.275. The summed E-state index contributed by atoms with van der Waals surface area (Å²) >= 11 is 0. The van der Waals surface area contributed by atoms with E-state index in [2.05, 4.69) is 6.92 Å². The second-order valence-electron chi connectivity index (χ2n) is 5.50. The fourth-order valence-corrected chi connectivity index (χ4v) is 2.45. The minimum atomic E-state index is -3.85. The van der Waals surface area contributed by atoms with Crippen LogP contribution in [0.15, 0.2) is 0 Å². The molecule has 0 atom stereocenters. The van der Waals surface area contributed by atoms with Gasteiger partial charge in [0.2, 0.25) is 0 Å². The van der Waals surface area contributed by atoms with E-state index >= 15 is 0 Å². The van der Waals surface area contributed by atoms with Crippen LogP contribution in [0.2, 0.25) is 0 Å². The zero-order chi connectivity index (χ0) is 17.9. The maximum atomic E-state index is 10.5. The smallest absolute Gasteiger partial charge is 0.264 e. The van der Waals surface area contributed by atoms with Crippen LogP contribution in [-0.4, -0.2) is 71.6 Å². The van der Waals surface area contributed by atoms with Crippen molar-refractivity contribution in [1.82, 2.24) is 0 Å². The molecule has 0 saturated carbocycles. The van der Waals surface area contributed by atoms with Crippen LogP contribution in [0.4, 0.5) is 0 Å². The molecule has 0 spiro atoms. The van der Waals surface area contributed by atoms with Gasteiger partial charge in [0, 0.05) is 13.2 Å². The summed E-state index contributed by atoms with van der Waals surface area (Å²) in [7, 11) is -3.85. The van der Waals surface area contributed by atoms with Crippen molar-refractivity contribution in [2.75, 3.05) is 58.6 Å². The van der Waals surface area contributed by atoms with E-state index in [1.165, 1.54) is 19.3 Å². The van der Waals surface area contributed by atoms with E-state index in [1.807, 2.05) is 0 Å². The highest BCUT2D eigenvalue weighted by Gasteiger charge is 2.02. The molecule has 146 valence electrons. The first-order valence-electron chi connectivity index (χ1n) is 8.82. The Morgan fingerprint density at radius 2 is 1.04 bits per heavy atom. The highest BCUT2D eigenvalue weighted by molar-refractivity contribution is 7.85. The SMILES string of the molecule is CCCCCCOCCOCCOCCOCCCCS(=O)(=O)O. The van der Waals surface area contributed by atoms with Crippen LogP contribution < -0.4 is 0 Å². The largest absolute Gasteiger partial charge is 0.379 e. The predicted molar refractivity (Wildman–Crippen MR) is 93.1 cm³/mol. The molecule has 0 aliphatic heterocycles. The summed E-state index contributed by atoms with van der Waals surface area (Å²) in [6.07, 6.45) is 5.85. The van der Waals surface area contributed by atoms with E-state index in [0.717, 1.165) is 13.0 Å². The topological polar surface area (TPSA) is 91.3 Å². The average molecular weight is 371 g/mol. The maximum absolute atomic E-state index is 10.5. The lowest BCUT2D eigenvalue weighted by Crippen LogP contribution is -2.12. The van der Waals surface area contributed by atoms with Crippen LogP contribution in [0.25, 0.3) is 0 Å². The lowest BCUT2D eigenvalue weighted by atomic mass is 10.2. The van der Waals surface area contributed by atoms with Gasteiger partial charge in [0.25, 0.3) is 10.1 Å². The summed E-state index contributed by atoms with van der Waals surface area (Å²) in [5.41, 5.74) is 0. The van der Waals surface area contributed by atoms with Crippen LogP contribution in [0.3, 0.4) is 0 Å². The number of ether oxygens (including phenoxy) is 4. The zero-order valence-corrected chi connectivity index (χ0v) is 15.7. The molecule has 0 fully saturated rings. The fraction of sp³-hybridized carbons (Fsp3) is 1.00. The minimum absolute atomic E-state index is 0.216. The van der Waals surface area contributed by atoms with Crippen molar-refractivity contribution in [3.63, 3.8) is 0 Å². The summed E-state index contributed by atoms with van der Waals surface area (Å²) in [5, 5.41) is 0. The predicted octanol–water partition coefficient (Wildman–Crippen LogP) is 2.30. The first kappa shape index (κ1) is 23.8. The molecular formula is C16H34O7S. The molecule has 0 rings (SSSR count). The molecule has 0 heterocycles.